The second-order valence-electron chi connectivity index (χ2n) is 3.19. The number of hydrogen-bond acceptors (Lipinski definition) is 3. The van der Waals surface area contributed by atoms with E-state index in [-0.39, 0.29) is 0 Å². The van der Waals surface area contributed by atoms with E-state index in [1.165, 1.54) is 16.9 Å². The van der Waals surface area contributed by atoms with Crippen LogP contribution in [0.4, 0.5) is 0 Å². The predicted octanol–water partition coefficient (Wildman–Crippen LogP) is 1.49. The lowest BCUT2D eigenvalue weighted by atomic mass is 9.89. The van der Waals surface area contributed by atoms with Gasteiger partial charge in [0.1, 0.15) is 0 Å². The lowest BCUT2D eigenvalue weighted by Crippen LogP contribution is -2.26. The molecular formula is C9H8BIO2S. The fraction of sp³-hybridized carbons (Fsp3) is 0.111. The van der Waals surface area contributed by atoms with E-state index in [4.69, 9.17) is 10.0 Å². The van der Waals surface area contributed by atoms with Gasteiger partial charge in [-0.25, -0.2) is 0 Å². The van der Waals surface area contributed by atoms with Gasteiger partial charge in [0, 0.05) is 13.0 Å². The Balaban J connectivity index is 2.70. The van der Waals surface area contributed by atoms with Crippen LogP contribution >= 0.6 is 33.9 Å². The first-order valence-electron chi connectivity index (χ1n) is 4.13. The summed E-state index contributed by atoms with van der Waals surface area (Å²) < 4.78 is 2.89. The third kappa shape index (κ3) is 1.81. The molecule has 5 heteroatoms. The fourth-order valence-electron chi connectivity index (χ4n) is 1.40. The van der Waals surface area contributed by atoms with Crippen LogP contribution in [0.3, 0.4) is 0 Å². The molecule has 0 saturated heterocycles. The van der Waals surface area contributed by atoms with Crippen LogP contribution in [-0.2, 0) is 0 Å². The van der Waals surface area contributed by atoms with Crippen LogP contribution in [0.1, 0.15) is 5.56 Å². The third-order valence-electron chi connectivity index (χ3n) is 1.99. The monoisotopic (exact) mass is 318 g/mol. The first kappa shape index (κ1) is 10.4. The first-order valence-corrected chi connectivity index (χ1v) is 6.03. The maximum Gasteiger partial charge on any atom is 0.499 e. The van der Waals surface area contributed by atoms with E-state index in [0.717, 1.165) is 13.7 Å². The van der Waals surface area contributed by atoms with E-state index in [1.54, 1.807) is 0 Å². The van der Waals surface area contributed by atoms with Gasteiger partial charge in [0.2, 0.25) is 0 Å². The Hall–Kier alpha value is -0.105. The fourth-order valence-corrected chi connectivity index (χ4v) is 3.45. The molecule has 0 unspecified atom stereocenters. The molecule has 0 spiro atoms. The highest BCUT2D eigenvalue weighted by Gasteiger charge is 2.15. The summed E-state index contributed by atoms with van der Waals surface area (Å²) in [6.07, 6.45) is 0. The molecule has 0 aliphatic carbocycles. The van der Waals surface area contributed by atoms with Gasteiger partial charge in [-0.1, -0.05) is 6.07 Å². The minimum absolute atomic E-state index is 0.600. The molecule has 0 amide bonds. The summed E-state index contributed by atoms with van der Waals surface area (Å²) in [7, 11) is -1.36. The van der Waals surface area contributed by atoms with Crippen molar-refractivity contribution in [3.63, 3.8) is 0 Å². The molecule has 0 radical (unpaired) electrons. The van der Waals surface area contributed by atoms with Gasteiger partial charge in [0.25, 0.3) is 0 Å². The average molecular weight is 318 g/mol. The first-order chi connectivity index (χ1) is 6.58. The minimum atomic E-state index is -1.36. The standard InChI is InChI=1S/C9H8BIO2S/c1-5-2-6-4-8(10(12)13)14-9(6)7(11)3-5/h2-4,12-13H,1H3. The van der Waals surface area contributed by atoms with E-state index in [1.807, 2.05) is 13.0 Å². The van der Waals surface area contributed by atoms with Crippen LogP contribution in [0, 0.1) is 10.5 Å². The molecule has 2 nitrogen and oxygen atoms in total. The van der Waals surface area contributed by atoms with Crippen molar-refractivity contribution in [3.05, 3.63) is 27.3 Å². The molecule has 2 aromatic rings. The zero-order valence-corrected chi connectivity index (χ0v) is 10.5. The molecule has 0 atom stereocenters. The molecule has 1 aromatic heterocycles. The van der Waals surface area contributed by atoms with E-state index < -0.39 is 7.12 Å². The van der Waals surface area contributed by atoms with Crippen molar-refractivity contribution in [2.24, 2.45) is 0 Å². The molecule has 0 aliphatic rings. The Labute approximate surface area is 99.9 Å². The lowest BCUT2D eigenvalue weighted by Gasteiger charge is -1.95. The van der Waals surface area contributed by atoms with Gasteiger partial charge in [0.05, 0.1) is 0 Å². The Morgan fingerprint density at radius 1 is 1.29 bits per heavy atom. The number of thiophene rings is 1. The highest BCUT2D eigenvalue weighted by atomic mass is 127. The van der Waals surface area contributed by atoms with Gasteiger partial charge < -0.3 is 10.0 Å². The molecule has 0 bridgehead atoms. The van der Waals surface area contributed by atoms with Crippen molar-refractivity contribution >= 4 is 55.9 Å². The molecule has 0 aliphatic heterocycles. The van der Waals surface area contributed by atoms with E-state index in [2.05, 4.69) is 34.7 Å². The minimum Gasteiger partial charge on any atom is -0.423 e. The number of halogens is 1. The predicted molar refractivity (Wildman–Crippen MR) is 69.1 cm³/mol. The van der Waals surface area contributed by atoms with Crippen molar-refractivity contribution in [1.29, 1.82) is 0 Å². The van der Waals surface area contributed by atoms with Gasteiger partial charge >= 0.3 is 7.12 Å². The van der Waals surface area contributed by atoms with E-state index in [9.17, 15) is 0 Å². The van der Waals surface area contributed by atoms with Crippen LogP contribution in [-0.4, -0.2) is 17.2 Å². The Morgan fingerprint density at radius 2 is 2.00 bits per heavy atom. The SMILES string of the molecule is Cc1cc(I)c2sc(B(O)O)cc2c1. The molecule has 0 fully saturated rings. The maximum atomic E-state index is 9.05. The summed E-state index contributed by atoms with van der Waals surface area (Å²) in [6, 6.07) is 5.98. The van der Waals surface area contributed by atoms with Crippen molar-refractivity contribution in [2.45, 2.75) is 6.92 Å². The smallest absolute Gasteiger partial charge is 0.423 e. The summed E-state index contributed by atoms with van der Waals surface area (Å²) in [5.41, 5.74) is 1.19. The summed E-state index contributed by atoms with van der Waals surface area (Å²) >= 11 is 3.70. The summed E-state index contributed by atoms with van der Waals surface area (Å²) in [4.78, 5) is 0. The number of rotatable bonds is 1. The lowest BCUT2D eigenvalue weighted by molar-refractivity contribution is 0.427. The Morgan fingerprint density at radius 3 is 2.64 bits per heavy atom. The van der Waals surface area contributed by atoms with Gasteiger partial charge in [-0.05, 0) is 52.6 Å². The summed E-state index contributed by atoms with van der Waals surface area (Å²) in [6.45, 7) is 2.04. The second-order valence-corrected chi connectivity index (χ2v) is 5.43. The van der Waals surface area contributed by atoms with Crippen molar-refractivity contribution < 1.29 is 10.0 Å². The van der Waals surface area contributed by atoms with Crippen LogP contribution in [0.25, 0.3) is 10.1 Å². The van der Waals surface area contributed by atoms with Gasteiger partial charge in [-0.2, -0.15) is 0 Å². The maximum absolute atomic E-state index is 9.05. The Bertz CT molecular complexity index is 481. The van der Waals surface area contributed by atoms with Crippen LogP contribution in [0.5, 0.6) is 0 Å². The van der Waals surface area contributed by atoms with Gasteiger partial charge in [-0.15, -0.1) is 11.3 Å². The number of aryl methyl sites for hydroxylation is 1. The molecule has 1 heterocycles. The highest BCUT2D eigenvalue weighted by molar-refractivity contribution is 14.1. The normalized spacial score (nSPS) is 10.9. The number of benzene rings is 1. The van der Waals surface area contributed by atoms with Crippen molar-refractivity contribution in [2.75, 3.05) is 0 Å². The van der Waals surface area contributed by atoms with Gasteiger partial charge in [0.15, 0.2) is 0 Å². The zero-order valence-electron chi connectivity index (χ0n) is 7.49. The second kappa shape index (κ2) is 3.81. The average Bonchev–Trinajstić information content (AvgIpc) is 2.47. The van der Waals surface area contributed by atoms with Crippen LogP contribution < -0.4 is 4.78 Å². The zero-order chi connectivity index (χ0) is 10.3. The molecule has 14 heavy (non-hydrogen) atoms. The van der Waals surface area contributed by atoms with Crippen molar-refractivity contribution in [1.82, 2.24) is 0 Å². The van der Waals surface area contributed by atoms with Crippen LogP contribution in [0.15, 0.2) is 18.2 Å². The summed E-state index contributed by atoms with van der Waals surface area (Å²) in [5.74, 6) is 0. The van der Waals surface area contributed by atoms with E-state index in [0.29, 0.717) is 4.78 Å². The topological polar surface area (TPSA) is 40.5 Å². The highest BCUT2D eigenvalue weighted by Crippen LogP contribution is 2.26. The molecule has 2 rings (SSSR count). The quantitative estimate of drug-likeness (QED) is 0.618. The van der Waals surface area contributed by atoms with Gasteiger partial charge in [-0.3, -0.25) is 0 Å². The third-order valence-corrected chi connectivity index (χ3v) is 4.43. The molecule has 72 valence electrons. The van der Waals surface area contributed by atoms with Crippen LogP contribution in [0.2, 0.25) is 0 Å². The summed E-state index contributed by atoms with van der Waals surface area (Å²) in [5, 5.41) is 19.2. The van der Waals surface area contributed by atoms with E-state index >= 15 is 0 Å². The molecule has 2 N–H and O–H groups in total. The Kier molecular flexibility index (Phi) is 2.83. The molecular weight excluding hydrogens is 310 g/mol. The largest absolute Gasteiger partial charge is 0.499 e. The molecule has 1 aromatic carbocycles. The molecule has 0 saturated carbocycles. The number of hydrogen-bond donors (Lipinski definition) is 2. The van der Waals surface area contributed by atoms with Crippen molar-refractivity contribution in [3.8, 4) is 0 Å². The number of fused-ring (bicyclic) bond motifs is 1.